The molecule has 0 saturated carbocycles. The molecule has 2 aromatic rings. The van der Waals surface area contributed by atoms with E-state index in [0.717, 1.165) is 5.69 Å². The van der Waals surface area contributed by atoms with E-state index in [1.807, 2.05) is 0 Å². The third-order valence-electron chi connectivity index (χ3n) is 2.64. The smallest absolute Gasteiger partial charge is 0.269 e. The number of hydrazine groups is 1. The molecule has 8 heteroatoms. The van der Waals surface area contributed by atoms with Crippen molar-refractivity contribution in [3.8, 4) is 0 Å². The van der Waals surface area contributed by atoms with Gasteiger partial charge in [0.05, 0.1) is 5.69 Å². The fourth-order valence-corrected chi connectivity index (χ4v) is 1.65. The zero-order valence-corrected chi connectivity index (χ0v) is 11.3. The molecule has 0 saturated heterocycles. The lowest BCUT2D eigenvalue weighted by atomic mass is 10.2. The van der Waals surface area contributed by atoms with Gasteiger partial charge in [-0.25, -0.2) is 4.68 Å². The lowest BCUT2D eigenvalue weighted by Gasteiger charge is -2.06. The summed E-state index contributed by atoms with van der Waals surface area (Å²) in [6.45, 7) is 0.435. The molecule has 0 spiro atoms. The van der Waals surface area contributed by atoms with Crippen molar-refractivity contribution in [3.63, 3.8) is 0 Å². The van der Waals surface area contributed by atoms with Gasteiger partial charge in [-0.1, -0.05) is 23.4 Å². The Morgan fingerprint density at radius 1 is 1.19 bits per heavy atom. The number of amides is 2. The summed E-state index contributed by atoms with van der Waals surface area (Å²) in [7, 11) is 0. The lowest BCUT2D eigenvalue weighted by Crippen LogP contribution is -2.43. The number of hydrogen-bond acceptors (Lipinski definition) is 5. The average molecular weight is 288 g/mol. The van der Waals surface area contributed by atoms with Gasteiger partial charge in [-0.2, -0.15) is 0 Å². The highest BCUT2D eigenvalue weighted by molar-refractivity contribution is 5.95. The number of carbonyl (C=O) groups excluding carboxylic acids is 2. The minimum absolute atomic E-state index is 0.0351. The Bertz CT molecular complexity index is 610. The van der Waals surface area contributed by atoms with Gasteiger partial charge in [-0.3, -0.25) is 20.4 Å². The van der Waals surface area contributed by atoms with Crippen LogP contribution in [0.2, 0.25) is 0 Å². The summed E-state index contributed by atoms with van der Waals surface area (Å²) in [6, 6.07) is 8.59. The van der Waals surface area contributed by atoms with Crippen LogP contribution in [0.3, 0.4) is 0 Å². The normalized spacial score (nSPS) is 10.1. The molecule has 0 aliphatic rings. The van der Waals surface area contributed by atoms with Crippen molar-refractivity contribution < 1.29 is 9.59 Å². The van der Waals surface area contributed by atoms with Gasteiger partial charge in [0, 0.05) is 18.2 Å². The molecule has 110 valence electrons. The van der Waals surface area contributed by atoms with Crippen molar-refractivity contribution in [2.75, 3.05) is 6.54 Å². The maximum absolute atomic E-state index is 11.7. The number of nitrogens with zero attached hydrogens (tertiary/aromatic N) is 3. The summed E-state index contributed by atoms with van der Waals surface area (Å²) in [5, 5.41) is 7.67. The van der Waals surface area contributed by atoms with Gasteiger partial charge >= 0.3 is 0 Å². The molecule has 0 aliphatic heterocycles. The van der Waals surface area contributed by atoms with Gasteiger partial charge in [-0.05, 0) is 18.7 Å². The highest BCUT2D eigenvalue weighted by Gasteiger charge is 2.08. The van der Waals surface area contributed by atoms with Crippen LogP contribution in [-0.4, -0.2) is 33.4 Å². The number of nitrogens with two attached hydrogens (primary N) is 1. The first-order valence-corrected chi connectivity index (χ1v) is 6.42. The van der Waals surface area contributed by atoms with Gasteiger partial charge in [0.1, 0.15) is 6.54 Å². The topological polar surface area (TPSA) is 115 Å². The van der Waals surface area contributed by atoms with Crippen LogP contribution < -0.4 is 16.6 Å². The largest absolute Gasteiger partial charge is 0.330 e. The Balaban J connectivity index is 1.80. The van der Waals surface area contributed by atoms with Gasteiger partial charge in [0.2, 0.25) is 0 Å². The highest BCUT2D eigenvalue weighted by atomic mass is 16.2. The van der Waals surface area contributed by atoms with Gasteiger partial charge in [-0.15, -0.1) is 5.10 Å². The number of nitrogens with one attached hydrogen (secondary N) is 2. The SMILES string of the molecule is NCCc1cn(CC(=O)NNC(=O)c2ccccc2)nn1. The molecule has 21 heavy (non-hydrogen) atoms. The van der Waals surface area contributed by atoms with Gasteiger partial charge in [0.25, 0.3) is 11.8 Å². The molecular formula is C13H16N6O2. The van der Waals surface area contributed by atoms with E-state index in [0.29, 0.717) is 18.5 Å². The minimum atomic E-state index is -0.400. The van der Waals surface area contributed by atoms with E-state index in [1.54, 1.807) is 36.5 Å². The van der Waals surface area contributed by atoms with Crippen LogP contribution in [-0.2, 0) is 17.8 Å². The maximum Gasteiger partial charge on any atom is 0.269 e. The first-order valence-electron chi connectivity index (χ1n) is 6.42. The Morgan fingerprint density at radius 2 is 1.95 bits per heavy atom. The standard InChI is InChI=1S/C13H16N6O2/c14-7-6-11-8-19(18-15-11)9-12(20)16-17-13(21)10-4-2-1-3-5-10/h1-5,8H,6-7,9,14H2,(H,16,20)(H,17,21). The van der Waals surface area contributed by atoms with Crippen LogP contribution in [0.5, 0.6) is 0 Å². The molecule has 0 bridgehead atoms. The first-order chi connectivity index (χ1) is 10.2. The second kappa shape index (κ2) is 7.15. The molecule has 0 radical (unpaired) electrons. The number of aromatic nitrogens is 3. The first kappa shape index (κ1) is 14.7. The van der Waals surface area contributed by atoms with E-state index in [4.69, 9.17) is 5.73 Å². The zero-order chi connectivity index (χ0) is 15.1. The van der Waals surface area contributed by atoms with Crippen LogP contribution in [0.25, 0.3) is 0 Å². The summed E-state index contributed by atoms with van der Waals surface area (Å²) >= 11 is 0. The second-order valence-corrected chi connectivity index (χ2v) is 4.31. The summed E-state index contributed by atoms with van der Waals surface area (Å²) in [5.74, 6) is -0.783. The number of hydrogen-bond donors (Lipinski definition) is 3. The maximum atomic E-state index is 11.7. The van der Waals surface area contributed by atoms with Crippen molar-refractivity contribution in [2.24, 2.45) is 5.73 Å². The molecule has 1 aromatic carbocycles. The summed E-state index contributed by atoms with van der Waals surface area (Å²) in [5.41, 5.74) is 11.2. The van der Waals surface area contributed by atoms with E-state index in [-0.39, 0.29) is 12.5 Å². The monoisotopic (exact) mass is 288 g/mol. The van der Waals surface area contributed by atoms with Gasteiger partial charge in [0.15, 0.2) is 0 Å². The van der Waals surface area contributed by atoms with E-state index < -0.39 is 5.91 Å². The fourth-order valence-electron chi connectivity index (χ4n) is 1.65. The molecule has 0 fully saturated rings. The molecule has 2 rings (SSSR count). The minimum Gasteiger partial charge on any atom is -0.330 e. The average Bonchev–Trinajstić information content (AvgIpc) is 2.93. The van der Waals surface area contributed by atoms with E-state index >= 15 is 0 Å². The molecule has 8 nitrogen and oxygen atoms in total. The number of rotatable bonds is 5. The second-order valence-electron chi connectivity index (χ2n) is 4.31. The van der Waals surface area contributed by atoms with Crippen molar-refractivity contribution in [1.82, 2.24) is 25.8 Å². The Morgan fingerprint density at radius 3 is 2.67 bits per heavy atom. The third-order valence-corrected chi connectivity index (χ3v) is 2.64. The Hall–Kier alpha value is -2.74. The number of carbonyl (C=O) groups is 2. The molecular weight excluding hydrogens is 272 g/mol. The molecule has 1 aromatic heterocycles. The molecule has 0 atom stereocenters. The molecule has 0 aliphatic carbocycles. The van der Waals surface area contributed by atoms with E-state index in [2.05, 4.69) is 21.2 Å². The quantitative estimate of drug-likeness (QED) is 0.626. The third kappa shape index (κ3) is 4.39. The molecule has 0 unspecified atom stereocenters. The summed E-state index contributed by atoms with van der Waals surface area (Å²) in [6.07, 6.45) is 2.25. The lowest BCUT2D eigenvalue weighted by molar-refractivity contribution is -0.122. The summed E-state index contributed by atoms with van der Waals surface area (Å²) in [4.78, 5) is 23.4. The van der Waals surface area contributed by atoms with Crippen LogP contribution in [0.4, 0.5) is 0 Å². The van der Waals surface area contributed by atoms with Crippen molar-refractivity contribution in [2.45, 2.75) is 13.0 Å². The van der Waals surface area contributed by atoms with Crippen LogP contribution in [0, 0.1) is 0 Å². The van der Waals surface area contributed by atoms with Crippen LogP contribution >= 0.6 is 0 Å². The predicted octanol–water partition coefficient (Wildman–Crippen LogP) is -0.759. The van der Waals surface area contributed by atoms with Crippen LogP contribution in [0.15, 0.2) is 36.5 Å². The fraction of sp³-hybridized carbons (Fsp3) is 0.231. The van der Waals surface area contributed by atoms with E-state index in [1.165, 1.54) is 4.68 Å². The molecule has 4 N–H and O–H groups in total. The summed E-state index contributed by atoms with van der Waals surface area (Å²) < 4.78 is 1.38. The van der Waals surface area contributed by atoms with Crippen molar-refractivity contribution >= 4 is 11.8 Å². The Labute approximate surface area is 121 Å². The molecule has 2 amide bonds. The zero-order valence-electron chi connectivity index (χ0n) is 11.3. The van der Waals surface area contributed by atoms with Crippen LogP contribution in [0.1, 0.15) is 16.1 Å². The molecule has 1 heterocycles. The predicted molar refractivity (Wildman–Crippen MR) is 74.8 cm³/mol. The Kier molecular flexibility index (Phi) is 4.99. The number of benzene rings is 1. The van der Waals surface area contributed by atoms with Gasteiger partial charge < -0.3 is 5.73 Å². The van der Waals surface area contributed by atoms with Crippen molar-refractivity contribution in [1.29, 1.82) is 0 Å². The van der Waals surface area contributed by atoms with Crippen molar-refractivity contribution in [3.05, 3.63) is 47.8 Å². The van der Waals surface area contributed by atoms with E-state index in [9.17, 15) is 9.59 Å². The highest BCUT2D eigenvalue weighted by Crippen LogP contribution is 1.97.